The van der Waals surface area contributed by atoms with Gasteiger partial charge in [-0.1, -0.05) is 0 Å². The van der Waals surface area contributed by atoms with E-state index in [4.69, 9.17) is 5.26 Å². The minimum atomic E-state index is -4.59. The van der Waals surface area contributed by atoms with Gasteiger partial charge in [-0.2, -0.15) is 23.5 Å². The summed E-state index contributed by atoms with van der Waals surface area (Å²) in [5.41, 5.74) is -1.40. The van der Waals surface area contributed by atoms with Gasteiger partial charge in [-0.3, -0.25) is 0 Å². The molecular formula is C11H8F4N4. The summed E-state index contributed by atoms with van der Waals surface area (Å²) < 4.78 is 53.1. The molecule has 0 bridgehead atoms. The fourth-order valence-electron chi connectivity index (χ4n) is 1.77. The summed E-state index contributed by atoms with van der Waals surface area (Å²) >= 11 is 0. The largest absolute Gasteiger partial charge is 0.397 e. The molecule has 0 spiro atoms. The molecule has 19 heavy (non-hydrogen) atoms. The number of fused-ring (bicyclic) bond motifs is 1. The second-order valence-electron chi connectivity index (χ2n) is 4.05. The molecule has 4 nitrogen and oxygen atoms in total. The maximum Gasteiger partial charge on any atom is 0.397 e. The molecule has 0 saturated carbocycles. The summed E-state index contributed by atoms with van der Waals surface area (Å²) in [6.45, 7) is 2.32. The summed E-state index contributed by atoms with van der Waals surface area (Å²) in [6, 6.07) is 1.46. The average Bonchev–Trinajstić information content (AvgIpc) is 2.59. The summed E-state index contributed by atoms with van der Waals surface area (Å²) in [5, 5.41) is 12.6. The predicted molar refractivity (Wildman–Crippen MR) is 56.9 cm³/mol. The van der Waals surface area contributed by atoms with Gasteiger partial charge in [0, 0.05) is 0 Å². The average molecular weight is 272 g/mol. The maximum atomic E-state index is 13.9. The van der Waals surface area contributed by atoms with Crippen molar-refractivity contribution in [3.05, 3.63) is 29.1 Å². The van der Waals surface area contributed by atoms with E-state index in [1.807, 2.05) is 0 Å². The van der Waals surface area contributed by atoms with Crippen LogP contribution in [0.25, 0.3) is 5.52 Å². The number of aryl methyl sites for hydroxylation is 1. The summed E-state index contributed by atoms with van der Waals surface area (Å²) in [6.07, 6.45) is -3.53. The molecular weight excluding hydrogens is 264 g/mol. The molecule has 1 atom stereocenters. The zero-order valence-electron chi connectivity index (χ0n) is 9.96. The quantitative estimate of drug-likeness (QED) is 0.750. The highest BCUT2D eigenvalue weighted by atomic mass is 19.4. The Morgan fingerprint density at radius 1 is 1.42 bits per heavy atom. The normalized spacial score (nSPS) is 13.5. The third kappa shape index (κ3) is 2.01. The van der Waals surface area contributed by atoms with Crippen LogP contribution in [0.4, 0.5) is 17.6 Å². The number of rotatable bonds is 1. The van der Waals surface area contributed by atoms with Crippen molar-refractivity contribution in [1.29, 1.82) is 5.26 Å². The molecule has 0 aliphatic heterocycles. The van der Waals surface area contributed by atoms with Crippen LogP contribution in [0, 0.1) is 24.1 Å². The summed E-state index contributed by atoms with van der Waals surface area (Å²) in [4.78, 5) is 3.72. The van der Waals surface area contributed by atoms with Crippen molar-refractivity contribution in [2.45, 2.75) is 25.9 Å². The van der Waals surface area contributed by atoms with Crippen LogP contribution < -0.4 is 0 Å². The third-order valence-electron chi connectivity index (χ3n) is 2.79. The number of nitriles is 1. The Morgan fingerprint density at radius 3 is 2.58 bits per heavy atom. The molecule has 0 saturated heterocycles. The first-order valence-corrected chi connectivity index (χ1v) is 5.28. The van der Waals surface area contributed by atoms with Crippen LogP contribution in [0.15, 0.2) is 6.20 Å². The van der Waals surface area contributed by atoms with E-state index in [1.54, 1.807) is 0 Å². The number of nitrogens with zero attached hydrogens (tertiary/aromatic N) is 4. The zero-order valence-corrected chi connectivity index (χ0v) is 9.96. The lowest BCUT2D eigenvalue weighted by atomic mass is 10.0. The fraction of sp³-hybridized carbons (Fsp3) is 0.364. The molecule has 8 heteroatoms. The van der Waals surface area contributed by atoms with Crippen LogP contribution in [-0.2, 0) is 0 Å². The molecule has 2 heterocycles. The molecule has 0 radical (unpaired) electrons. The van der Waals surface area contributed by atoms with Crippen LogP contribution in [0.2, 0.25) is 0 Å². The smallest absolute Gasteiger partial charge is 0.237 e. The zero-order chi connectivity index (χ0) is 14.4. The third-order valence-corrected chi connectivity index (χ3v) is 2.79. The van der Waals surface area contributed by atoms with Crippen molar-refractivity contribution in [2.75, 3.05) is 0 Å². The molecule has 0 amide bonds. The van der Waals surface area contributed by atoms with E-state index in [0.717, 1.165) is 17.6 Å². The first kappa shape index (κ1) is 13.3. The monoisotopic (exact) mass is 272 g/mol. The number of alkyl halides is 3. The van der Waals surface area contributed by atoms with Crippen molar-refractivity contribution in [3.63, 3.8) is 0 Å². The molecule has 0 fully saturated rings. The molecule has 0 N–H and O–H groups in total. The summed E-state index contributed by atoms with van der Waals surface area (Å²) in [5.74, 6) is -2.86. The lowest BCUT2D eigenvalue weighted by Crippen LogP contribution is -2.21. The standard InChI is InChI=1S/C11H8F4N4/c1-5(11(13,14)15)10-7(3-16)9(12)8-4-17-6(2)18-19(8)10/h4-5H,1-2H3. The molecule has 1 unspecified atom stereocenters. The lowest BCUT2D eigenvalue weighted by Gasteiger charge is -2.15. The SMILES string of the molecule is Cc1ncc2c(F)c(C#N)c(C(C)C(F)(F)F)n2n1. The Morgan fingerprint density at radius 2 is 2.05 bits per heavy atom. The molecule has 100 valence electrons. The Kier molecular flexibility index (Phi) is 2.92. The van der Waals surface area contributed by atoms with E-state index in [0.29, 0.717) is 0 Å². The molecule has 0 aliphatic rings. The van der Waals surface area contributed by atoms with Crippen LogP contribution in [0.3, 0.4) is 0 Å². The number of hydrogen-bond acceptors (Lipinski definition) is 3. The van der Waals surface area contributed by atoms with Gasteiger partial charge in [-0.05, 0) is 13.8 Å². The fourth-order valence-corrected chi connectivity index (χ4v) is 1.77. The molecule has 2 aromatic heterocycles. The molecule has 2 rings (SSSR count). The van der Waals surface area contributed by atoms with Crippen molar-refractivity contribution in [2.24, 2.45) is 0 Å². The van der Waals surface area contributed by atoms with E-state index in [1.165, 1.54) is 13.0 Å². The Bertz CT molecular complexity index is 681. The molecule has 0 aliphatic carbocycles. The maximum absolute atomic E-state index is 13.9. The van der Waals surface area contributed by atoms with Crippen LogP contribution >= 0.6 is 0 Å². The first-order chi connectivity index (χ1) is 8.77. The second kappa shape index (κ2) is 4.19. The first-order valence-electron chi connectivity index (χ1n) is 5.28. The van der Waals surface area contributed by atoms with Gasteiger partial charge in [0.05, 0.1) is 17.8 Å². The van der Waals surface area contributed by atoms with Gasteiger partial charge in [-0.15, -0.1) is 0 Å². The highest BCUT2D eigenvalue weighted by Crippen LogP contribution is 2.37. The van der Waals surface area contributed by atoms with Gasteiger partial charge < -0.3 is 0 Å². The number of halogens is 4. The van der Waals surface area contributed by atoms with E-state index in [2.05, 4.69) is 10.1 Å². The van der Waals surface area contributed by atoms with Crippen LogP contribution in [0.5, 0.6) is 0 Å². The lowest BCUT2D eigenvalue weighted by molar-refractivity contribution is -0.147. The topological polar surface area (TPSA) is 54.0 Å². The Hall–Kier alpha value is -2.17. The van der Waals surface area contributed by atoms with Crippen molar-refractivity contribution in [3.8, 4) is 6.07 Å². The highest BCUT2D eigenvalue weighted by molar-refractivity contribution is 5.57. The highest BCUT2D eigenvalue weighted by Gasteiger charge is 2.41. The van der Waals surface area contributed by atoms with Gasteiger partial charge in [0.1, 0.15) is 23.0 Å². The molecule has 2 aromatic rings. The number of hydrogen-bond donors (Lipinski definition) is 0. The predicted octanol–water partition coefficient (Wildman–Crippen LogP) is 2.71. The van der Waals surface area contributed by atoms with Gasteiger partial charge in [-0.25, -0.2) is 13.9 Å². The summed E-state index contributed by atoms with van der Waals surface area (Å²) in [7, 11) is 0. The van der Waals surface area contributed by atoms with Crippen molar-refractivity contribution < 1.29 is 17.6 Å². The van der Waals surface area contributed by atoms with E-state index in [9.17, 15) is 17.6 Å². The minimum absolute atomic E-state index is 0.183. The van der Waals surface area contributed by atoms with Crippen LogP contribution in [-0.4, -0.2) is 20.8 Å². The van der Waals surface area contributed by atoms with Crippen LogP contribution in [0.1, 0.15) is 29.9 Å². The Labute approximate surface area is 105 Å². The van der Waals surface area contributed by atoms with Gasteiger partial charge in [0.2, 0.25) is 0 Å². The van der Waals surface area contributed by atoms with Crippen molar-refractivity contribution in [1.82, 2.24) is 14.6 Å². The van der Waals surface area contributed by atoms with E-state index >= 15 is 0 Å². The van der Waals surface area contributed by atoms with Gasteiger partial charge >= 0.3 is 6.18 Å². The van der Waals surface area contributed by atoms with Crippen molar-refractivity contribution >= 4 is 5.52 Å². The van der Waals surface area contributed by atoms with E-state index < -0.39 is 29.2 Å². The second-order valence-corrected chi connectivity index (χ2v) is 4.05. The van der Waals surface area contributed by atoms with E-state index in [-0.39, 0.29) is 11.3 Å². The van der Waals surface area contributed by atoms with Gasteiger partial charge in [0.15, 0.2) is 5.82 Å². The molecule has 0 aromatic carbocycles. The minimum Gasteiger partial charge on any atom is -0.237 e. The number of aromatic nitrogens is 3. The Balaban J connectivity index is 2.85. The van der Waals surface area contributed by atoms with Gasteiger partial charge in [0.25, 0.3) is 0 Å².